The zero-order valence-electron chi connectivity index (χ0n) is 19.1. The van der Waals surface area contributed by atoms with E-state index in [0.717, 1.165) is 42.2 Å². The molecular weight excluding hydrogens is 431 g/mol. The van der Waals surface area contributed by atoms with Crippen LogP contribution in [0.2, 0.25) is 0 Å². The molecule has 1 saturated carbocycles. The van der Waals surface area contributed by atoms with E-state index in [4.69, 9.17) is 4.42 Å². The monoisotopic (exact) mass is 458 g/mol. The van der Waals surface area contributed by atoms with Crippen LogP contribution >= 0.6 is 0 Å². The van der Waals surface area contributed by atoms with Gasteiger partial charge in [0, 0.05) is 34.9 Å². The number of furan rings is 1. The molecule has 174 valence electrons. The molecular formula is C27H27FN4O2. The molecule has 2 atom stereocenters. The second-order valence-corrected chi connectivity index (χ2v) is 8.91. The molecule has 0 spiro atoms. The summed E-state index contributed by atoms with van der Waals surface area (Å²) in [6.45, 7) is 3.07. The van der Waals surface area contributed by atoms with Gasteiger partial charge in [0.2, 0.25) is 0 Å². The largest absolute Gasteiger partial charge is 0.458 e. The van der Waals surface area contributed by atoms with Gasteiger partial charge in [-0.1, -0.05) is 12.1 Å². The first-order chi connectivity index (χ1) is 16.6. The highest BCUT2D eigenvalue weighted by atomic mass is 19.1. The molecule has 0 radical (unpaired) electrons. The van der Waals surface area contributed by atoms with E-state index in [0.29, 0.717) is 35.5 Å². The SMILES string of the molecule is CCN(C(=O)c1cc2cc(F)ccc2[nH]1)[C@H]1CCCC(NCc2oc3ccccc3c2C#N)C1. The Labute approximate surface area is 197 Å². The number of hydrogen-bond donors (Lipinski definition) is 2. The lowest BCUT2D eigenvalue weighted by Crippen LogP contribution is -2.46. The van der Waals surface area contributed by atoms with Gasteiger partial charge in [-0.05, 0) is 69.0 Å². The van der Waals surface area contributed by atoms with Gasteiger partial charge in [-0.3, -0.25) is 4.79 Å². The number of fused-ring (bicyclic) bond motifs is 2. The number of para-hydroxylation sites is 1. The number of nitrogens with one attached hydrogen (secondary N) is 2. The standard InChI is InChI=1S/C27H27FN4O2/c1-2-32(27(33)24-13-17-12-18(28)10-11-23(17)31-24)20-7-5-6-19(14-20)30-16-26-22(15-29)21-8-3-4-9-25(21)34-26/h3-4,8-13,19-20,30-31H,2,5-7,14,16H2,1H3/t19?,20-/m0/s1. The summed E-state index contributed by atoms with van der Waals surface area (Å²) in [6.07, 6.45) is 3.79. The maximum absolute atomic E-state index is 13.6. The fourth-order valence-corrected chi connectivity index (χ4v) is 5.15. The Balaban J connectivity index is 1.28. The molecule has 5 rings (SSSR count). The van der Waals surface area contributed by atoms with Gasteiger partial charge in [0.15, 0.2) is 0 Å². The third-order valence-corrected chi connectivity index (χ3v) is 6.83. The van der Waals surface area contributed by atoms with E-state index in [-0.39, 0.29) is 23.8 Å². The molecule has 1 unspecified atom stereocenters. The molecule has 1 amide bonds. The van der Waals surface area contributed by atoms with Crippen LogP contribution in [0.25, 0.3) is 21.9 Å². The fourth-order valence-electron chi connectivity index (χ4n) is 5.15. The lowest BCUT2D eigenvalue weighted by molar-refractivity contribution is 0.0622. The second kappa shape index (κ2) is 9.32. The summed E-state index contributed by atoms with van der Waals surface area (Å²) in [5, 5.41) is 14.7. The van der Waals surface area contributed by atoms with E-state index in [1.54, 1.807) is 12.1 Å². The minimum absolute atomic E-state index is 0.0613. The molecule has 6 nitrogen and oxygen atoms in total. The number of amides is 1. The highest BCUT2D eigenvalue weighted by Crippen LogP contribution is 2.28. The van der Waals surface area contributed by atoms with Crippen molar-refractivity contribution in [2.45, 2.75) is 51.2 Å². The van der Waals surface area contributed by atoms with E-state index < -0.39 is 0 Å². The summed E-state index contributed by atoms with van der Waals surface area (Å²) < 4.78 is 19.5. The predicted octanol–water partition coefficient (Wildman–Crippen LogP) is 5.49. The van der Waals surface area contributed by atoms with Crippen LogP contribution in [0.5, 0.6) is 0 Å². The minimum Gasteiger partial charge on any atom is -0.458 e. The van der Waals surface area contributed by atoms with Crippen LogP contribution in [0.15, 0.2) is 52.9 Å². The smallest absolute Gasteiger partial charge is 0.270 e. The maximum atomic E-state index is 13.6. The van der Waals surface area contributed by atoms with Crippen molar-refractivity contribution < 1.29 is 13.6 Å². The van der Waals surface area contributed by atoms with Gasteiger partial charge < -0.3 is 19.6 Å². The van der Waals surface area contributed by atoms with Crippen LogP contribution in [0.3, 0.4) is 0 Å². The van der Waals surface area contributed by atoms with Gasteiger partial charge in [0.25, 0.3) is 5.91 Å². The summed E-state index contributed by atoms with van der Waals surface area (Å²) in [5.41, 5.74) is 2.54. The number of aromatic nitrogens is 1. The lowest BCUT2D eigenvalue weighted by Gasteiger charge is -2.37. The molecule has 2 aromatic carbocycles. The number of aromatic amines is 1. The number of rotatable bonds is 6. The Morgan fingerprint density at radius 2 is 2.12 bits per heavy atom. The van der Waals surface area contributed by atoms with Gasteiger partial charge in [-0.15, -0.1) is 0 Å². The molecule has 1 aliphatic carbocycles. The van der Waals surface area contributed by atoms with Crippen molar-refractivity contribution in [1.29, 1.82) is 5.26 Å². The van der Waals surface area contributed by atoms with Crippen LogP contribution in [0.4, 0.5) is 4.39 Å². The summed E-state index contributed by atoms with van der Waals surface area (Å²) in [7, 11) is 0. The third kappa shape index (κ3) is 4.17. The molecule has 0 saturated heterocycles. The summed E-state index contributed by atoms with van der Waals surface area (Å²) in [5.74, 6) is 0.274. The van der Waals surface area contributed by atoms with Gasteiger partial charge >= 0.3 is 0 Å². The van der Waals surface area contributed by atoms with Crippen molar-refractivity contribution in [3.05, 3.63) is 71.4 Å². The molecule has 4 aromatic rings. The van der Waals surface area contributed by atoms with Crippen molar-refractivity contribution in [1.82, 2.24) is 15.2 Å². The topological polar surface area (TPSA) is 85.1 Å². The number of nitriles is 1. The predicted molar refractivity (Wildman–Crippen MR) is 129 cm³/mol. The Kier molecular flexibility index (Phi) is 6.08. The Hall–Kier alpha value is -3.63. The van der Waals surface area contributed by atoms with E-state index in [2.05, 4.69) is 16.4 Å². The van der Waals surface area contributed by atoms with Gasteiger partial charge in [-0.25, -0.2) is 4.39 Å². The van der Waals surface area contributed by atoms with Gasteiger partial charge in [0.05, 0.1) is 6.54 Å². The average Bonchev–Trinajstić information content (AvgIpc) is 3.44. The number of H-pyrrole nitrogens is 1. The third-order valence-electron chi connectivity index (χ3n) is 6.83. The number of benzene rings is 2. The van der Waals surface area contributed by atoms with Crippen LogP contribution in [0.1, 0.15) is 54.4 Å². The number of hydrogen-bond acceptors (Lipinski definition) is 4. The lowest BCUT2D eigenvalue weighted by atomic mass is 9.89. The number of carbonyl (C=O) groups excluding carboxylic acids is 1. The normalized spacial score (nSPS) is 18.3. The van der Waals surface area contributed by atoms with Gasteiger partial charge in [0.1, 0.15) is 34.5 Å². The molecule has 1 fully saturated rings. The Morgan fingerprint density at radius 3 is 2.94 bits per heavy atom. The van der Waals surface area contributed by atoms with E-state index in [1.807, 2.05) is 36.1 Å². The zero-order chi connectivity index (χ0) is 23.7. The highest BCUT2D eigenvalue weighted by molar-refractivity contribution is 5.98. The van der Waals surface area contributed by atoms with E-state index in [9.17, 15) is 14.4 Å². The highest BCUT2D eigenvalue weighted by Gasteiger charge is 2.30. The maximum Gasteiger partial charge on any atom is 0.270 e. The molecule has 2 N–H and O–H groups in total. The molecule has 0 aliphatic heterocycles. The molecule has 7 heteroatoms. The first-order valence-electron chi connectivity index (χ1n) is 11.8. The van der Waals surface area contributed by atoms with Gasteiger partial charge in [-0.2, -0.15) is 5.26 Å². The molecule has 2 heterocycles. The second-order valence-electron chi connectivity index (χ2n) is 8.91. The molecule has 2 aromatic heterocycles. The zero-order valence-corrected chi connectivity index (χ0v) is 19.1. The Morgan fingerprint density at radius 1 is 1.26 bits per heavy atom. The Bertz CT molecular complexity index is 1380. The van der Waals surface area contributed by atoms with Crippen molar-refractivity contribution in [2.24, 2.45) is 0 Å². The van der Waals surface area contributed by atoms with Crippen molar-refractivity contribution in [3.63, 3.8) is 0 Å². The van der Waals surface area contributed by atoms with E-state index >= 15 is 0 Å². The first-order valence-corrected chi connectivity index (χ1v) is 11.8. The fraction of sp³-hybridized carbons (Fsp3) is 0.333. The summed E-state index contributed by atoms with van der Waals surface area (Å²) >= 11 is 0. The van der Waals surface area contributed by atoms with Crippen LogP contribution in [-0.2, 0) is 6.54 Å². The number of halogens is 1. The van der Waals surface area contributed by atoms with Crippen molar-refractivity contribution in [2.75, 3.05) is 6.54 Å². The molecule has 1 aliphatic rings. The average molecular weight is 459 g/mol. The van der Waals surface area contributed by atoms with Crippen LogP contribution < -0.4 is 5.32 Å². The van der Waals surface area contributed by atoms with Crippen molar-refractivity contribution in [3.8, 4) is 6.07 Å². The molecule has 0 bridgehead atoms. The van der Waals surface area contributed by atoms with Crippen molar-refractivity contribution >= 4 is 27.8 Å². The van der Waals surface area contributed by atoms with E-state index in [1.165, 1.54) is 12.1 Å². The number of carbonyl (C=O) groups is 1. The number of nitrogens with zero attached hydrogens (tertiary/aromatic N) is 2. The summed E-state index contributed by atoms with van der Waals surface area (Å²) in [6, 6.07) is 16.4. The first kappa shape index (κ1) is 22.2. The molecule has 34 heavy (non-hydrogen) atoms. The minimum atomic E-state index is -0.317. The summed E-state index contributed by atoms with van der Waals surface area (Å²) in [4.78, 5) is 18.4. The van der Waals surface area contributed by atoms with Crippen LogP contribution in [0, 0.1) is 17.1 Å². The quantitative estimate of drug-likeness (QED) is 0.400. The van der Waals surface area contributed by atoms with Crippen LogP contribution in [-0.4, -0.2) is 34.4 Å².